The number of hydrogen-bond donors (Lipinski definition) is 1. The maximum absolute atomic E-state index is 14.9. The molecule has 3 aromatic rings. The molecule has 2 aliphatic heterocycles. The average Bonchev–Trinajstić information content (AvgIpc) is 3.46. The van der Waals surface area contributed by atoms with E-state index in [2.05, 4.69) is 42.0 Å². The summed E-state index contributed by atoms with van der Waals surface area (Å²) in [7, 11) is 0. The number of Topliss-reactive ketones (excluding diaryl/α,β-unsaturated/α-hetero) is 1. The van der Waals surface area contributed by atoms with Crippen molar-refractivity contribution in [2.24, 2.45) is 11.8 Å². The van der Waals surface area contributed by atoms with Crippen LogP contribution in [0, 0.1) is 11.8 Å². The number of halogens is 2. The van der Waals surface area contributed by atoms with Crippen molar-refractivity contribution in [2.45, 2.75) is 89.6 Å². The molecule has 232 valence electrons. The van der Waals surface area contributed by atoms with Crippen LogP contribution in [0.4, 0.5) is 5.69 Å². The van der Waals surface area contributed by atoms with Gasteiger partial charge in [-0.15, -0.1) is 0 Å². The lowest BCUT2D eigenvalue weighted by molar-refractivity contribution is -0.146. The third-order valence-corrected chi connectivity index (χ3v) is 9.99. The smallest absolute Gasteiger partial charge is 0.255 e. The second-order valence-electron chi connectivity index (χ2n) is 12.7. The molecule has 0 aliphatic carbocycles. The molecule has 2 aliphatic rings. The number of anilines is 1. The summed E-state index contributed by atoms with van der Waals surface area (Å²) in [6, 6.07) is 22.0. The van der Waals surface area contributed by atoms with E-state index in [0.29, 0.717) is 34.7 Å². The maximum Gasteiger partial charge on any atom is 0.255 e. The van der Waals surface area contributed by atoms with Gasteiger partial charge < -0.3 is 10.2 Å². The van der Waals surface area contributed by atoms with Crippen molar-refractivity contribution >= 4 is 50.8 Å². The molecule has 2 heterocycles. The van der Waals surface area contributed by atoms with E-state index >= 15 is 0 Å². The summed E-state index contributed by atoms with van der Waals surface area (Å²) in [5.74, 6) is -1.59. The zero-order valence-electron chi connectivity index (χ0n) is 25.8. The van der Waals surface area contributed by atoms with E-state index in [1.165, 1.54) is 12.8 Å². The Labute approximate surface area is 274 Å². The van der Waals surface area contributed by atoms with Gasteiger partial charge in [0, 0.05) is 44.7 Å². The highest BCUT2D eigenvalue weighted by Crippen LogP contribution is 2.60. The van der Waals surface area contributed by atoms with Crippen LogP contribution in [0.25, 0.3) is 0 Å². The number of benzene rings is 3. The number of fused-ring (bicyclic) bond motifs is 2. The van der Waals surface area contributed by atoms with Crippen LogP contribution in [0.1, 0.15) is 99.5 Å². The Bertz CT molecular complexity index is 1490. The van der Waals surface area contributed by atoms with Gasteiger partial charge in [0.1, 0.15) is 0 Å². The molecule has 1 fully saturated rings. The molecular weight excluding hydrogens is 636 g/mol. The third-order valence-electron chi connectivity index (χ3n) is 9.24. The number of carbonyl (C=O) groups excluding carboxylic acids is 3. The summed E-state index contributed by atoms with van der Waals surface area (Å²) in [5.41, 5.74) is 1.24. The molecular formula is C37H42BrClN2O3. The quantitative estimate of drug-likeness (QED) is 0.153. The number of hydrogen-bond acceptors (Lipinski definition) is 3. The Morgan fingerprint density at radius 3 is 2.32 bits per heavy atom. The SMILES string of the molecule is CCCCCCCCC(=O)N1C(CC(C)C)C(c2ccc(Cl)cc2)C(C(=O)c2ccccc2)C12C(=O)Nc1ccc(Br)cc12. The molecule has 0 radical (unpaired) electrons. The Hall–Kier alpha value is -2.96. The van der Waals surface area contributed by atoms with Gasteiger partial charge in [0.25, 0.3) is 5.91 Å². The Morgan fingerprint density at radius 1 is 0.955 bits per heavy atom. The van der Waals surface area contributed by atoms with Crippen molar-refractivity contribution in [3.05, 3.63) is 99.0 Å². The summed E-state index contributed by atoms with van der Waals surface area (Å²) < 4.78 is 0.789. The Kier molecular flexibility index (Phi) is 10.3. The van der Waals surface area contributed by atoms with E-state index in [1.807, 2.05) is 77.7 Å². The minimum absolute atomic E-state index is 0.0727. The summed E-state index contributed by atoms with van der Waals surface area (Å²) >= 11 is 9.97. The fourth-order valence-electron chi connectivity index (χ4n) is 7.41. The first kappa shape index (κ1) is 32.4. The lowest BCUT2D eigenvalue weighted by Crippen LogP contribution is -2.56. The number of unbranched alkanes of at least 4 members (excludes halogenated alkanes) is 5. The van der Waals surface area contributed by atoms with Crippen LogP contribution >= 0.6 is 27.5 Å². The molecule has 44 heavy (non-hydrogen) atoms. The summed E-state index contributed by atoms with van der Waals surface area (Å²) in [6.07, 6.45) is 7.29. The lowest BCUT2D eigenvalue weighted by atomic mass is 9.69. The van der Waals surface area contributed by atoms with Crippen LogP contribution in [0.5, 0.6) is 0 Å². The summed E-state index contributed by atoms with van der Waals surface area (Å²) in [4.78, 5) is 46.1. The molecule has 4 atom stereocenters. The van der Waals surface area contributed by atoms with Crippen LogP contribution in [0.3, 0.4) is 0 Å². The first-order valence-corrected chi connectivity index (χ1v) is 17.2. The molecule has 0 saturated carbocycles. The van der Waals surface area contributed by atoms with Crippen molar-refractivity contribution in [2.75, 3.05) is 5.32 Å². The van der Waals surface area contributed by atoms with Crippen molar-refractivity contribution < 1.29 is 14.4 Å². The molecule has 2 amide bonds. The topological polar surface area (TPSA) is 66.5 Å². The van der Waals surface area contributed by atoms with Crippen LogP contribution in [0.15, 0.2) is 77.3 Å². The van der Waals surface area contributed by atoms with Crippen molar-refractivity contribution in [3.8, 4) is 0 Å². The normalized spacial score (nSPS) is 22.5. The Balaban J connectivity index is 1.73. The molecule has 4 unspecified atom stereocenters. The van der Waals surface area contributed by atoms with Crippen LogP contribution in [-0.4, -0.2) is 28.5 Å². The summed E-state index contributed by atoms with van der Waals surface area (Å²) in [6.45, 7) is 6.46. The minimum Gasteiger partial charge on any atom is -0.323 e. The fraction of sp³-hybridized carbons (Fsp3) is 0.432. The van der Waals surface area contributed by atoms with Gasteiger partial charge in [-0.1, -0.05) is 123 Å². The second-order valence-corrected chi connectivity index (χ2v) is 14.0. The van der Waals surface area contributed by atoms with E-state index in [0.717, 1.165) is 35.7 Å². The van der Waals surface area contributed by atoms with Crippen LogP contribution in [-0.2, 0) is 15.1 Å². The zero-order chi connectivity index (χ0) is 31.4. The standard InChI is InChI=1S/C37H42BrClN2O3/c1-4-5-6-7-8-12-15-32(42)41-31(22-24(2)3)33(25-16-19-28(39)20-17-25)34(35(43)26-13-10-9-11-14-26)37(41)29-23-27(38)18-21-30(29)40-36(37)44/h9-11,13-14,16-21,23-24,31,33-34H,4-8,12,15,22H2,1-3H3,(H,40,44). The number of ketones is 1. The highest BCUT2D eigenvalue weighted by atomic mass is 79.9. The van der Waals surface area contributed by atoms with Gasteiger partial charge in [-0.2, -0.15) is 0 Å². The molecule has 0 aromatic heterocycles. The van der Waals surface area contributed by atoms with Crippen LogP contribution < -0.4 is 5.32 Å². The monoisotopic (exact) mass is 676 g/mol. The van der Waals surface area contributed by atoms with Crippen molar-refractivity contribution in [1.82, 2.24) is 4.90 Å². The predicted octanol–water partition coefficient (Wildman–Crippen LogP) is 9.54. The van der Waals surface area contributed by atoms with Gasteiger partial charge in [-0.3, -0.25) is 14.4 Å². The van der Waals surface area contributed by atoms with E-state index in [4.69, 9.17) is 11.6 Å². The predicted molar refractivity (Wildman–Crippen MR) is 181 cm³/mol. The van der Waals surface area contributed by atoms with E-state index in [9.17, 15) is 14.4 Å². The van der Waals surface area contributed by atoms with E-state index in [1.54, 1.807) is 0 Å². The van der Waals surface area contributed by atoms with Gasteiger partial charge in [-0.25, -0.2) is 0 Å². The number of amides is 2. The number of rotatable bonds is 12. The van der Waals surface area contributed by atoms with Crippen molar-refractivity contribution in [1.29, 1.82) is 0 Å². The molecule has 1 saturated heterocycles. The van der Waals surface area contributed by atoms with Gasteiger partial charge in [0.15, 0.2) is 11.3 Å². The third kappa shape index (κ3) is 6.12. The molecule has 5 nitrogen and oxygen atoms in total. The molecule has 7 heteroatoms. The van der Waals surface area contributed by atoms with Gasteiger partial charge in [-0.05, 0) is 54.7 Å². The number of nitrogens with zero attached hydrogens (tertiary/aromatic N) is 1. The molecule has 3 aromatic carbocycles. The number of nitrogens with one attached hydrogen (secondary N) is 1. The minimum atomic E-state index is -1.50. The lowest BCUT2D eigenvalue weighted by Gasteiger charge is -2.39. The fourth-order valence-corrected chi connectivity index (χ4v) is 7.90. The van der Waals surface area contributed by atoms with Gasteiger partial charge in [0.05, 0.1) is 5.92 Å². The second kappa shape index (κ2) is 14.0. The average molecular weight is 678 g/mol. The Morgan fingerprint density at radius 2 is 1.64 bits per heavy atom. The number of likely N-dealkylation sites (tertiary alicyclic amines) is 1. The van der Waals surface area contributed by atoms with E-state index in [-0.39, 0.29) is 29.6 Å². The van der Waals surface area contributed by atoms with Crippen LogP contribution in [0.2, 0.25) is 5.02 Å². The molecule has 5 rings (SSSR count). The first-order valence-electron chi connectivity index (χ1n) is 16.0. The summed E-state index contributed by atoms with van der Waals surface area (Å²) in [5, 5.41) is 3.69. The zero-order valence-corrected chi connectivity index (χ0v) is 28.2. The van der Waals surface area contributed by atoms with Gasteiger partial charge >= 0.3 is 0 Å². The largest absolute Gasteiger partial charge is 0.323 e. The first-order chi connectivity index (χ1) is 21.2. The highest BCUT2D eigenvalue weighted by Gasteiger charge is 2.69. The van der Waals surface area contributed by atoms with Gasteiger partial charge in [0.2, 0.25) is 5.91 Å². The molecule has 1 spiro atoms. The highest BCUT2D eigenvalue weighted by molar-refractivity contribution is 9.10. The van der Waals surface area contributed by atoms with Crippen molar-refractivity contribution in [3.63, 3.8) is 0 Å². The number of carbonyl (C=O) groups is 3. The van der Waals surface area contributed by atoms with E-state index < -0.39 is 17.4 Å². The maximum atomic E-state index is 14.9. The molecule has 0 bridgehead atoms. The molecule has 1 N–H and O–H groups in total.